The third-order valence-corrected chi connectivity index (χ3v) is 6.90. The summed E-state index contributed by atoms with van der Waals surface area (Å²) in [5, 5.41) is 0. The zero-order chi connectivity index (χ0) is 24.8. The first kappa shape index (κ1) is 33.2. The summed E-state index contributed by atoms with van der Waals surface area (Å²) in [6.45, 7) is 5.16. The summed E-state index contributed by atoms with van der Waals surface area (Å²) < 4.78 is 5.38. The summed E-state index contributed by atoms with van der Waals surface area (Å²) in [6, 6.07) is 0. The molecular weight excluding hydrogens is 416 g/mol. The number of hydrogen-bond donors (Lipinski definition) is 0. The molecule has 0 spiro atoms. The van der Waals surface area contributed by atoms with Crippen LogP contribution in [0.15, 0.2) is 12.2 Å². The second kappa shape index (κ2) is 30.2. The molecule has 0 N–H and O–H groups in total. The van der Waals surface area contributed by atoms with Crippen LogP contribution in [0.4, 0.5) is 0 Å². The normalized spacial score (nSPS) is 11.5. The van der Waals surface area contributed by atoms with Gasteiger partial charge in [0, 0.05) is 6.42 Å². The predicted octanol–water partition coefficient (Wildman–Crippen LogP) is 11.3. The zero-order valence-electron chi connectivity index (χ0n) is 23.6. The summed E-state index contributed by atoms with van der Waals surface area (Å²) in [4.78, 5) is 11.8. The molecule has 2 heteroatoms. The Morgan fingerprint density at radius 2 is 0.824 bits per heavy atom. The van der Waals surface area contributed by atoms with Crippen molar-refractivity contribution in [2.45, 2.75) is 181 Å². The van der Waals surface area contributed by atoms with Crippen molar-refractivity contribution < 1.29 is 9.53 Å². The Labute approximate surface area is 215 Å². The first-order chi connectivity index (χ1) is 16.8. The minimum absolute atomic E-state index is 0.0156. The van der Waals surface area contributed by atoms with E-state index in [4.69, 9.17) is 4.74 Å². The second-order valence-corrected chi connectivity index (χ2v) is 10.4. The van der Waals surface area contributed by atoms with Gasteiger partial charge in [0.25, 0.3) is 0 Å². The van der Waals surface area contributed by atoms with Crippen LogP contribution in [0.2, 0.25) is 0 Å². The Morgan fingerprint density at radius 3 is 1.26 bits per heavy atom. The Balaban J connectivity index is 3.15. The average Bonchev–Trinajstić information content (AvgIpc) is 2.84. The molecule has 0 aliphatic rings. The van der Waals surface area contributed by atoms with E-state index in [1.54, 1.807) is 0 Å². The quantitative estimate of drug-likeness (QED) is 0.0634. The number of esters is 1. The molecule has 34 heavy (non-hydrogen) atoms. The van der Waals surface area contributed by atoms with Gasteiger partial charge < -0.3 is 4.74 Å². The van der Waals surface area contributed by atoms with Crippen molar-refractivity contribution in [3.8, 4) is 0 Å². The Bertz CT molecular complexity index is 415. The molecule has 0 aromatic carbocycles. The van der Waals surface area contributed by atoms with E-state index >= 15 is 0 Å². The van der Waals surface area contributed by atoms with Gasteiger partial charge in [-0.2, -0.15) is 0 Å². The van der Waals surface area contributed by atoms with Crippen LogP contribution in [0.3, 0.4) is 0 Å². The van der Waals surface area contributed by atoms with Crippen LogP contribution in [-0.2, 0) is 9.53 Å². The maximum Gasteiger partial charge on any atom is 0.305 e. The number of carbonyl (C=O) groups excluding carboxylic acids is 1. The number of rotatable bonds is 28. The standard InChI is InChI=1S/C32H62O2/c1-3-5-7-9-11-12-13-14-15-16-17-18-19-20-21-22-23-25-27-29-31-34-32(33)30-28-26-24-10-8-6-4-2/h14-15H,3-13,16-31H2,1-2H3/b15-14-. The molecular formula is C32H62O2. The van der Waals surface area contributed by atoms with Gasteiger partial charge in [-0.05, 0) is 38.5 Å². The van der Waals surface area contributed by atoms with E-state index < -0.39 is 0 Å². The van der Waals surface area contributed by atoms with E-state index in [0.29, 0.717) is 13.0 Å². The van der Waals surface area contributed by atoms with Crippen molar-refractivity contribution in [1.82, 2.24) is 0 Å². The molecule has 0 unspecified atom stereocenters. The summed E-state index contributed by atoms with van der Waals surface area (Å²) in [5.74, 6) is 0.0156. The highest BCUT2D eigenvalue weighted by Crippen LogP contribution is 2.13. The average molecular weight is 479 g/mol. The first-order valence-electron chi connectivity index (χ1n) is 15.6. The van der Waals surface area contributed by atoms with Gasteiger partial charge in [0.15, 0.2) is 0 Å². The summed E-state index contributed by atoms with van der Waals surface area (Å²) in [7, 11) is 0. The summed E-state index contributed by atoms with van der Waals surface area (Å²) >= 11 is 0. The highest BCUT2D eigenvalue weighted by molar-refractivity contribution is 5.69. The molecule has 0 fully saturated rings. The van der Waals surface area contributed by atoms with Gasteiger partial charge in [-0.3, -0.25) is 4.79 Å². The number of hydrogen-bond acceptors (Lipinski definition) is 2. The Kier molecular flexibility index (Phi) is 29.5. The third-order valence-electron chi connectivity index (χ3n) is 6.90. The molecule has 0 aliphatic heterocycles. The first-order valence-corrected chi connectivity index (χ1v) is 15.6. The van der Waals surface area contributed by atoms with Gasteiger partial charge in [0.05, 0.1) is 6.61 Å². The van der Waals surface area contributed by atoms with Crippen molar-refractivity contribution in [3.05, 3.63) is 12.2 Å². The highest BCUT2D eigenvalue weighted by atomic mass is 16.5. The van der Waals surface area contributed by atoms with Crippen molar-refractivity contribution >= 4 is 5.97 Å². The maximum absolute atomic E-state index is 11.8. The smallest absolute Gasteiger partial charge is 0.305 e. The van der Waals surface area contributed by atoms with E-state index in [1.165, 1.54) is 148 Å². The highest BCUT2D eigenvalue weighted by Gasteiger charge is 2.02. The lowest BCUT2D eigenvalue weighted by atomic mass is 10.1. The summed E-state index contributed by atoms with van der Waals surface area (Å²) in [5.41, 5.74) is 0. The van der Waals surface area contributed by atoms with Gasteiger partial charge in [0.2, 0.25) is 0 Å². The van der Waals surface area contributed by atoms with Crippen molar-refractivity contribution in [2.24, 2.45) is 0 Å². The van der Waals surface area contributed by atoms with E-state index in [9.17, 15) is 4.79 Å². The fourth-order valence-corrected chi connectivity index (χ4v) is 4.54. The van der Waals surface area contributed by atoms with Crippen LogP contribution in [0.1, 0.15) is 181 Å². The van der Waals surface area contributed by atoms with E-state index in [2.05, 4.69) is 26.0 Å². The monoisotopic (exact) mass is 478 g/mol. The van der Waals surface area contributed by atoms with E-state index in [0.717, 1.165) is 12.8 Å². The van der Waals surface area contributed by atoms with Crippen LogP contribution in [0, 0.1) is 0 Å². The lowest BCUT2D eigenvalue weighted by Gasteiger charge is -2.05. The zero-order valence-corrected chi connectivity index (χ0v) is 23.6. The van der Waals surface area contributed by atoms with Crippen LogP contribution >= 0.6 is 0 Å². The third kappa shape index (κ3) is 29.2. The maximum atomic E-state index is 11.8. The van der Waals surface area contributed by atoms with Crippen molar-refractivity contribution in [1.29, 1.82) is 0 Å². The molecule has 0 rings (SSSR count). The minimum atomic E-state index is 0.0156. The van der Waals surface area contributed by atoms with E-state index in [-0.39, 0.29) is 5.97 Å². The van der Waals surface area contributed by atoms with Gasteiger partial charge in [-0.25, -0.2) is 0 Å². The fourth-order valence-electron chi connectivity index (χ4n) is 4.54. The molecule has 202 valence electrons. The lowest BCUT2D eigenvalue weighted by Crippen LogP contribution is -2.05. The molecule has 0 aromatic heterocycles. The van der Waals surface area contributed by atoms with Crippen LogP contribution in [0.5, 0.6) is 0 Å². The number of allylic oxidation sites excluding steroid dienone is 2. The SMILES string of the molecule is CCCCCCCC/C=C\CCCCCCCCCCCCOC(=O)CCCCCCCCC. The second-order valence-electron chi connectivity index (χ2n) is 10.4. The molecule has 0 aromatic rings. The lowest BCUT2D eigenvalue weighted by molar-refractivity contribution is -0.143. The van der Waals surface area contributed by atoms with Gasteiger partial charge in [-0.1, -0.05) is 148 Å². The van der Waals surface area contributed by atoms with Crippen molar-refractivity contribution in [2.75, 3.05) is 6.61 Å². The number of unbranched alkanes of at least 4 members (excludes halogenated alkanes) is 22. The fraction of sp³-hybridized carbons (Fsp3) is 0.906. The molecule has 0 saturated heterocycles. The summed E-state index contributed by atoms with van der Waals surface area (Å²) in [6.07, 6.45) is 38.4. The largest absolute Gasteiger partial charge is 0.466 e. The molecule has 0 saturated carbocycles. The van der Waals surface area contributed by atoms with Gasteiger partial charge in [0.1, 0.15) is 0 Å². The molecule has 0 amide bonds. The predicted molar refractivity (Wildman–Crippen MR) is 151 cm³/mol. The number of carbonyl (C=O) groups is 1. The topological polar surface area (TPSA) is 26.3 Å². The molecule has 0 radical (unpaired) electrons. The Hall–Kier alpha value is -0.790. The minimum Gasteiger partial charge on any atom is -0.466 e. The molecule has 0 aliphatic carbocycles. The van der Waals surface area contributed by atoms with Gasteiger partial charge >= 0.3 is 5.97 Å². The van der Waals surface area contributed by atoms with Crippen molar-refractivity contribution in [3.63, 3.8) is 0 Å². The van der Waals surface area contributed by atoms with E-state index in [1.807, 2.05) is 0 Å². The molecule has 2 nitrogen and oxygen atoms in total. The Morgan fingerprint density at radius 1 is 0.471 bits per heavy atom. The molecule has 0 bridgehead atoms. The van der Waals surface area contributed by atoms with Crippen LogP contribution in [0.25, 0.3) is 0 Å². The van der Waals surface area contributed by atoms with Gasteiger partial charge in [-0.15, -0.1) is 0 Å². The van der Waals surface area contributed by atoms with Crippen LogP contribution in [-0.4, -0.2) is 12.6 Å². The molecule has 0 heterocycles. The molecule has 0 atom stereocenters. The number of ether oxygens (including phenoxy) is 1. The van der Waals surface area contributed by atoms with Crippen LogP contribution < -0.4 is 0 Å².